The molecule has 8 heteroatoms. The van der Waals surface area contributed by atoms with Gasteiger partial charge in [0.1, 0.15) is 10.8 Å². The standard InChI is InChI=1S/C20H17F2N3O2S/c1-10-4-14(18-15(5-10)24-12(8-23-18)9-26-3)19-25-17-11(2)6-13(27-20(21)22)7-16(17)28-19/h4-8,20H,9H2,1-3H3. The first-order valence-corrected chi connectivity index (χ1v) is 9.38. The van der Waals surface area contributed by atoms with Crippen molar-refractivity contribution >= 4 is 32.6 Å². The molecule has 0 saturated heterocycles. The number of aryl methyl sites for hydroxylation is 2. The fraction of sp³-hybridized carbons (Fsp3) is 0.250. The number of alkyl halides is 2. The molecule has 2 aromatic carbocycles. The van der Waals surface area contributed by atoms with Crippen LogP contribution in [0.1, 0.15) is 16.8 Å². The van der Waals surface area contributed by atoms with Crippen LogP contribution in [0.2, 0.25) is 0 Å². The first-order chi connectivity index (χ1) is 13.4. The third-order valence-corrected chi connectivity index (χ3v) is 5.28. The second-order valence-electron chi connectivity index (χ2n) is 6.46. The molecular weight excluding hydrogens is 384 g/mol. The van der Waals surface area contributed by atoms with Gasteiger partial charge < -0.3 is 9.47 Å². The molecule has 5 nitrogen and oxygen atoms in total. The molecule has 0 radical (unpaired) electrons. The van der Waals surface area contributed by atoms with Crippen LogP contribution in [0.3, 0.4) is 0 Å². The Kier molecular flexibility index (Phi) is 4.91. The molecule has 2 aromatic heterocycles. The zero-order chi connectivity index (χ0) is 19.8. The van der Waals surface area contributed by atoms with Crippen molar-refractivity contribution in [2.75, 3.05) is 7.11 Å². The van der Waals surface area contributed by atoms with E-state index >= 15 is 0 Å². The largest absolute Gasteiger partial charge is 0.435 e. The number of thiazole rings is 1. The Labute approximate surface area is 164 Å². The molecule has 144 valence electrons. The Morgan fingerprint density at radius 1 is 1.07 bits per heavy atom. The van der Waals surface area contributed by atoms with Crippen molar-refractivity contribution in [2.24, 2.45) is 0 Å². The third kappa shape index (κ3) is 3.53. The van der Waals surface area contributed by atoms with E-state index in [1.54, 1.807) is 25.4 Å². The summed E-state index contributed by atoms with van der Waals surface area (Å²) in [5, 5.41) is 0.759. The molecule has 4 rings (SSSR count). The lowest BCUT2D eigenvalue weighted by atomic mass is 10.1. The topological polar surface area (TPSA) is 57.1 Å². The van der Waals surface area contributed by atoms with E-state index in [1.807, 2.05) is 26.0 Å². The quantitative estimate of drug-likeness (QED) is 0.456. The number of ether oxygens (including phenoxy) is 2. The number of halogens is 2. The van der Waals surface area contributed by atoms with Gasteiger partial charge >= 0.3 is 6.61 Å². The van der Waals surface area contributed by atoms with Crippen LogP contribution in [0.25, 0.3) is 31.8 Å². The minimum Gasteiger partial charge on any atom is -0.435 e. The highest BCUT2D eigenvalue weighted by atomic mass is 32.1. The van der Waals surface area contributed by atoms with Crippen molar-refractivity contribution < 1.29 is 18.3 Å². The maximum absolute atomic E-state index is 12.6. The number of nitrogens with zero attached hydrogens (tertiary/aromatic N) is 3. The summed E-state index contributed by atoms with van der Waals surface area (Å²) < 4.78 is 35.6. The summed E-state index contributed by atoms with van der Waals surface area (Å²) >= 11 is 1.42. The first kappa shape index (κ1) is 18.6. The summed E-state index contributed by atoms with van der Waals surface area (Å²) in [6.45, 7) is 1.34. The fourth-order valence-electron chi connectivity index (χ4n) is 3.13. The molecule has 4 aromatic rings. The predicted octanol–water partition coefficient (Wildman–Crippen LogP) is 5.27. The van der Waals surface area contributed by atoms with E-state index in [4.69, 9.17) is 9.72 Å². The fourth-order valence-corrected chi connectivity index (χ4v) is 4.22. The van der Waals surface area contributed by atoms with Crippen LogP contribution >= 0.6 is 11.3 Å². The monoisotopic (exact) mass is 401 g/mol. The molecule has 0 spiro atoms. The molecular formula is C20H17F2N3O2S. The molecule has 0 saturated carbocycles. The Morgan fingerprint density at radius 2 is 1.89 bits per heavy atom. The van der Waals surface area contributed by atoms with Crippen molar-refractivity contribution in [1.82, 2.24) is 15.0 Å². The maximum Gasteiger partial charge on any atom is 0.387 e. The number of fused-ring (bicyclic) bond motifs is 2. The van der Waals surface area contributed by atoms with E-state index in [0.717, 1.165) is 48.6 Å². The van der Waals surface area contributed by atoms with E-state index in [1.165, 1.54) is 11.3 Å². The van der Waals surface area contributed by atoms with Gasteiger partial charge in [0, 0.05) is 12.7 Å². The van der Waals surface area contributed by atoms with Crippen molar-refractivity contribution in [3.8, 4) is 16.3 Å². The number of methoxy groups -OCH3 is 1. The second-order valence-corrected chi connectivity index (χ2v) is 7.49. The second kappa shape index (κ2) is 7.37. The number of hydrogen-bond donors (Lipinski definition) is 0. The molecule has 0 N–H and O–H groups in total. The minimum atomic E-state index is -2.86. The predicted molar refractivity (Wildman–Crippen MR) is 105 cm³/mol. The minimum absolute atomic E-state index is 0.133. The maximum atomic E-state index is 12.6. The van der Waals surface area contributed by atoms with E-state index in [9.17, 15) is 8.78 Å². The molecule has 0 unspecified atom stereocenters. The van der Waals surface area contributed by atoms with Gasteiger partial charge in [0.25, 0.3) is 0 Å². The summed E-state index contributed by atoms with van der Waals surface area (Å²) in [4.78, 5) is 13.9. The molecule has 0 aliphatic carbocycles. The first-order valence-electron chi connectivity index (χ1n) is 8.56. The van der Waals surface area contributed by atoms with Gasteiger partial charge in [0.2, 0.25) is 0 Å². The van der Waals surface area contributed by atoms with Gasteiger partial charge in [0.05, 0.1) is 39.7 Å². The van der Waals surface area contributed by atoms with E-state index in [0.29, 0.717) is 6.61 Å². The SMILES string of the molecule is COCc1cnc2c(-c3nc4c(C)cc(OC(F)F)cc4s3)cc(C)cc2n1. The van der Waals surface area contributed by atoms with Gasteiger partial charge in [-0.25, -0.2) is 9.97 Å². The molecule has 0 aliphatic heterocycles. The Balaban J connectivity index is 1.87. The lowest BCUT2D eigenvalue weighted by Gasteiger charge is -2.06. The Bertz CT molecular complexity index is 1180. The van der Waals surface area contributed by atoms with Gasteiger partial charge in [-0.2, -0.15) is 8.78 Å². The van der Waals surface area contributed by atoms with E-state index in [2.05, 4.69) is 14.7 Å². The number of aromatic nitrogens is 3. The molecule has 0 amide bonds. The van der Waals surface area contributed by atoms with E-state index in [-0.39, 0.29) is 5.75 Å². The third-order valence-electron chi connectivity index (χ3n) is 4.25. The lowest BCUT2D eigenvalue weighted by Crippen LogP contribution is -2.01. The highest BCUT2D eigenvalue weighted by molar-refractivity contribution is 7.21. The molecule has 0 aliphatic rings. The van der Waals surface area contributed by atoms with Crippen LogP contribution in [0, 0.1) is 13.8 Å². The molecule has 2 heterocycles. The number of benzene rings is 2. The lowest BCUT2D eigenvalue weighted by molar-refractivity contribution is -0.0497. The summed E-state index contributed by atoms with van der Waals surface area (Å²) in [6.07, 6.45) is 1.69. The highest BCUT2D eigenvalue weighted by Gasteiger charge is 2.16. The average molecular weight is 401 g/mol. The van der Waals surface area contributed by atoms with Crippen LogP contribution in [-0.4, -0.2) is 28.7 Å². The summed E-state index contributed by atoms with van der Waals surface area (Å²) in [5.74, 6) is 0.133. The van der Waals surface area contributed by atoms with Crippen LogP contribution in [0.5, 0.6) is 5.75 Å². The van der Waals surface area contributed by atoms with Crippen LogP contribution in [-0.2, 0) is 11.3 Å². The average Bonchev–Trinajstić information content (AvgIpc) is 3.05. The summed E-state index contributed by atoms with van der Waals surface area (Å²) in [6, 6.07) is 7.15. The normalized spacial score (nSPS) is 11.6. The van der Waals surface area contributed by atoms with Crippen molar-refractivity contribution in [2.45, 2.75) is 27.1 Å². The van der Waals surface area contributed by atoms with Crippen LogP contribution in [0.4, 0.5) is 8.78 Å². The van der Waals surface area contributed by atoms with Crippen LogP contribution in [0.15, 0.2) is 30.5 Å². The molecule has 0 fully saturated rings. The van der Waals surface area contributed by atoms with Crippen LogP contribution < -0.4 is 4.74 Å². The van der Waals surface area contributed by atoms with Crippen molar-refractivity contribution in [1.29, 1.82) is 0 Å². The Hall–Kier alpha value is -2.71. The van der Waals surface area contributed by atoms with Gasteiger partial charge in [0.15, 0.2) is 0 Å². The Morgan fingerprint density at radius 3 is 2.64 bits per heavy atom. The van der Waals surface area contributed by atoms with Crippen molar-refractivity contribution in [3.05, 3.63) is 47.3 Å². The summed E-state index contributed by atoms with van der Waals surface area (Å²) in [7, 11) is 1.61. The van der Waals surface area contributed by atoms with Crippen molar-refractivity contribution in [3.63, 3.8) is 0 Å². The van der Waals surface area contributed by atoms with Gasteiger partial charge in [-0.3, -0.25) is 4.98 Å². The zero-order valence-electron chi connectivity index (χ0n) is 15.5. The molecule has 28 heavy (non-hydrogen) atoms. The van der Waals surface area contributed by atoms with Gasteiger partial charge in [-0.15, -0.1) is 11.3 Å². The van der Waals surface area contributed by atoms with Gasteiger partial charge in [-0.1, -0.05) is 0 Å². The van der Waals surface area contributed by atoms with E-state index < -0.39 is 6.61 Å². The molecule has 0 atom stereocenters. The smallest absolute Gasteiger partial charge is 0.387 e. The highest BCUT2D eigenvalue weighted by Crippen LogP contribution is 2.37. The van der Waals surface area contributed by atoms with Gasteiger partial charge in [-0.05, 0) is 49.2 Å². The number of hydrogen-bond acceptors (Lipinski definition) is 6. The molecule has 0 bridgehead atoms. The zero-order valence-corrected chi connectivity index (χ0v) is 16.3. The number of rotatable bonds is 5. The summed E-state index contributed by atoms with van der Waals surface area (Å²) in [5.41, 5.74) is 5.70.